The molecule has 2 aliphatic rings. The normalized spacial score (nSPS) is 16.2. The largest absolute Gasteiger partial charge is 0.368 e. The van der Waals surface area contributed by atoms with E-state index in [1.165, 1.54) is 11.6 Å². The summed E-state index contributed by atoms with van der Waals surface area (Å²) >= 11 is 0. The van der Waals surface area contributed by atoms with E-state index in [2.05, 4.69) is 75.9 Å². The van der Waals surface area contributed by atoms with Crippen molar-refractivity contribution in [1.82, 2.24) is 25.0 Å². The summed E-state index contributed by atoms with van der Waals surface area (Å²) in [6.45, 7) is 19.1. The molecule has 47 heavy (non-hydrogen) atoms. The predicted molar refractivity (Wildman–Crippen MR) is 190 cm³/mol. The molecule has 2 aromatic carbocycles. The minimum Gasteiger partial charge on any atom is -0.368 e. The number of carbonyl (C=O) groups excluding carboxylic acids is 2. The van der Waals surface area contributed by atoms with Gasteiger partial charge in [0, 0.05) is 87.5 Å². The Hall–Kier alpha value is -4.21. The number of H-pyrrole nitrogens is 1. The minimum absolute atomic E-state index is 0.0256. The van der Waals surface area contributed by atoms with Gasteiger partial charge >= 0.3 is 0 Å². The first-order valence-electron chi connectivity index (χ1n) is 16.9. The average molecular weight is 639 g/mol. The van der Waals surface area contributed by atoms with E-state index in [9.17, 15) is 14.4 Å². The zero-order chi connectivity index (χ0) is 33.7. The number of aromatic nitrogens is 1. The van der Waals surface area contributed by atoms with Crippen LogP contribution in [0.3, 0.4) is 0 Å². The summed E-state index contributed by atoms with van der Waals surface area (Å²) in [7, 11) is 2.17. The number of aryl methyl sites for hydroxylation is 2. The van der Waals surface area contributed by atoms with Gasteiger partial charge in [0.15, 0.2) is 0 Å². The number of carbonyl (C=O) groups is 2. The van der Waals surface area contributed by atoms with Crippen LogP contribution in [0.4, 0.5) is 5.69 Å². The quantitative estimate of drug-likeness (QED) is 0.315. The number of hydrogen-bond donors (Lipinski definition) is 2. The van der Waals surface area contributed by atoms with E-state index in [-0.39, 0.29) is 30.0 Å². The lowest BCUT2D eigenvalue weighted by molar-refractivity contribution is -0.127. The van der Waals surface area contributed by atoms with E-state index in [4.69, 9.17) is 0 Å². The van der Waals surface area contributed by atoms with Crippen LogP contribution in [0.5, 0.6) is 0 Å². The molecule has 0 unspecified atom stereocenters. The van der Waals surface area contributed by atoms with Crippen LogP contribution in [0.1, 0.15) is 58.1 Å². The van der Waals surface area contributed by atoms with E-state index in [0.29, 0.717) is 24.2 Å². The molecule has 0 aliphatic carbocycles. The highest BCUT2D eigenvalue weighted by Gasteiger charge is 2.28. The van der Waals surface area contributed by atoms with Crippen LogP contribution in [-0.2, 0) is 17.9 Å². The number of amides is 2. The second-order valence-corrected chi connectivity index (χ2v) is 13.1. The lowest BCUT2D eigenvalue weighted by atomic mass is 9.94. The third-order valence-corrected chi connectivity index (χ3v) is 9.88. The topological polar surface area (TPSA) is 92.0 Å². The standard InChI is InChI=1S/C38H50N6O3/c1-7-36(45)43-15-13-32(14-16-43)44(8-2)35-23-31(30-11-9-29(10-12-30)25-42-19-17-41(6)18-20-42)22-33(28(35)5)37(46)39-24-34-26(3)21-27(4)40-38(34)47/h7,9-12,21-23,32H,1,8,13-20,24-25H2,2-6H3,(H,39,46)(H,40,47). The molecule has 9 heteroatoms. The molecule has 0 radical (unpaired) electrons. The highest BCUT2D eigenvalue weighted by Crippen LogP contribution is 2.34. The summed E-state index contributed by atoms with van der Waals surface area (Å²) in [6.07, 6.45) is 3.07. The van der Waals surface area contributed by atoms with E-state index in [1.54, 1.807) is 0 Å². The van der Waals surface area contributed by atoms with Crippen LogP contribution in [0.25, 0.3) is 11.1 Å². The van der Waals surface area contributed by atoms with Crippen molar-refractivity contribution in [3.05, 3.63) is 99.0 Å². The molecule has 3 heterocycles. The van der Waals surface area contributed by atoms with E-state index in [1.807, 2.05) is 37.8 Å². The van der Waals surface area contributed by atoms with Crippen molar-refractivity contribution >= 4 is 17.5 Å². The Kier molecular flexibility index (Phi) is 11.0. The van der Waals surface area contributed by atoms with Gasteiger partial charge in [0.25, 0.3) is 11.5 Å². The van der Waals surface area contributed by atoms with Gasteiger partial charge in [-0.3, -0.25) is 19.3 Å². The van der Waals surface area contributed by atoms with Gasteiger partial charge in [-0.1, -0.05) is 30.8 Å². The van der Waals surface area contributed by atoms with Gasteiger partial charge in [-0.25, -0.2) is 0 Å². The second kappa shape index (κ2) is 15.1. The van der Waals surface area contributed by atoms with Crippen molar-refractivity contribution < 1.29 is 9.59 Å². The van der Waals surface area contributed by atoms with Gasteiger partial charge in [-0.05, 0) is 99.7 Å². The maximum atomic E-state index is 13.9. The summed E-state index contributed by atoms with van der Waals surface area (Å²) in [5.74, 6) is -0.235. The Morgan fingerprint density at radius 1 is 0.979 bits per heavy atom. The maximum absolute atomic E-state index is 13.9. The number of likely N-dealkylation sites (N-methyl/N-ethyl adjacent to an activating group) is 1. The third kappa shape index (κ3) is 8.03. The molecule has 2 aliphatic heterocycles. The number of piperidine rings is 1. The molecule has 0 saturated carbocycles. The molecule has 0 spiro atoms. The number of aromatic amines is 1. The number of piperazine rings is 1. The molecule has 9 nitrogen and oxygen atoms in total. The molecule has 2 fully saturated rings. The van der Waals surface area contributed by atoms with Gasteiger partial charge in [0.05, 0.1) is 0 Å². The fraction of sp³-hybridized carbons (Fsp3) is 0.447. The zero-order valence-corrected chi connectivity index (χ0v) is 28.7. The van der Waals surface area contributed by atoms with Crippen LogP contribution in [0.15, 0.2) is 59.9 Å². The number of hydrogen-bond acceptors (Lipinski definition) is 6. The highest BCUT2D eigenvalue weighted by molar-refractivity contribution is 5.99. The number of anilines is 1. The monoisotopic (exact) mass is 638 g/mol. The molecule has 0 atom stereocenters. The molecule has 5 rings (SSSR count). The molecule has 0 bridgehead atoms. The Labute approximate surface area is 279 Å². The number of nitrogens with zero attached hydrogens (tertiary/aromatic N) is 4. The first-order chi connectivity index (χ1) is 22.6. The first-order valence-corrected chi connectivity index (χ1v) is 16.9. The van der Waals surface area contributed by atoms with Crippen LogP contribution in [0.2, 0.25) is 0 Å². The smallest absolute Gasteiger partial charge is 0.253 e. The van der Waals surface area contributed by atoms with E-state index < -0.39 is 0 Å². The average Bonchev–Trinajstić information content (AvgIpc) is 3.06. The van der Waals surface area contributed by atoms with Crippen molar-refractivity contribution in [2.75, 3.05) is 57.8 Å². The third-order valence-electron chi connectivity index (χ3n) is 9.88. The molecular formula is C38H50N6O3. The van der Waals surface area contributed by atoms with Crippen molar-refractivity contribution in [3.63, 3.8) is 0 Å². The van der Waals surface area contributed by atoms with Crippen molar-refractivity contribution in [2.24, 2.45) is 0 Å². The number of benzene rings is 2. The summed E-state index contributed by atoms with van der Waals surface area (Å²) in [4.78, 5) is 50.8. The van der Waals surface area contributed by atoms with E-state index in [0.717, 1.165) is 85.7 Å². The van der Waals surface area contributed by atoms with Gasteiger partial charge in [-0.15, -0.1) is 0 Å². The van der Waals surface area contributed by atoms with Gasteiger partial charge < -0.3 is 25.0 Å². The van der Waals surface area contributed by atoms with Crippen LogP contribution in [0, 0.1) is 20.8 Å². The number of likely N-dealkylation sites (tertiary alicyclic amines) is 1. The fourth-order valence-corrected chi connectivity index (χ4v) is 6.98. The highest BCUT2D eigenvalue weighted by atomic mass is 16.2. The SMILES string of the molecule is C=CC(=O)N1CCC(N(CC)c2cc(-c3ccc(CN4CCN(C)CC4)cc3)cc(C(=O)NCc3c(C)cc(C)[nH]c3=O)c2C)CC1. The second-order valence-electron chi connectivity index (χ2n) is 13.1. The maximum Gasteiger partial charge on any atom is 0.253 e. The number of pyridine rings is 1. The summed E-state index contributed by atoms with van der Waals surface area (Å²) < 4.78 is 0. The summed E-state index contributed by atoms with van der Waals surface area (Å²) in [5.41, 5.74) is 7.86. The molecule has 1 aromatic heterocycles. The van der Waals surface area contributed by atoms with Crippen LogP contribution in [-0.4, -0.2) is 90.4 Å². The first kappa shape index (κ1) is 34.1. The van der Waals surface area contributed by atoms with Gasteiger partial charge in [0.2, 0.25) is 5.91 Å². The zero-order valence-electron chi connectivity index (χ0n) is 28.7. The van der Waals surface area contributed by atoms with Gasteiger partial charge in [0.1, 0.15) is 0 Å². The van der Waals surface area contributed by atoms with Crippen molar-refractivity contribution in [1.29, 1.82) is 0 Å². The molecular weight excluding hydrogens is 588 g/mol. The van der Waals surface area contributed by atoms with Crippen LogP contribution >= 0.6 is 0 Å². The van der Waals surface area contributed by atoms with Crippen LogP contribution < -0.4 is 15.8 Å². The summed E-state index contributed by atoms with van der Waals surface area (Å²) in [6, 6.07) is 15.1. The Balaban J connectivity index is 1.45. The molecule has 2 saturated heterocycles. The fourth-order valence-electron chi connectivity index (χ4n) is 6.98. The number of nitrogens with one attached hydrogen (secondary N) is 2. The van der Waals surface area contributed by atoms with Crippen molar-refractivity contribution in [3.8, 4) is 11.1 Å². The van der Waals surface area contributed by atoms with Gasteiger partial charge in [-0.2, -0.15) is 0 Å². The lowest BCUT2D eigenvalue weighted by Gasteiger charge is -2.40. The lowest BCUT2D eigenvalue weighted by Crippen LogP contribution is -2.46. The minimum atomic E-state index is -0.209. The molecule has 3 aromatic rings. The van der Waals surface area contributed by atoms with E-state index >= 15 is 0 Å². The number of rotatable bonds is 10. The van der Waals surface area contributed by atoms with Crippen molar-refractivity contribution in [2.45, 2.75) is 59.7 Å². The Bertz CT molecular complexity index is 1650. The molecule has 2 amide bonds. The molecule has 2 N–H and O–H groups in total. The Morgan fingerprint density at radius 2 is 1.66 bits per heavy atom. The Morgan fingerprint density at radius 3 is 2.28 bits per heavy atom. The predicted octanol–water partition coefficient (Wildman–Crippen LogP) is 4.65. The summed E-state index contributed by atoms with van der Waals surface area (Å²) in [5, 5.41) is 3.04. The molecule has 250 valence electrons.